The summed E-state index contributed by atoms with van der Waals surface area (Å²) in [5.74, 6) is 2.23. The molecule has 0 atom stereocenters. The molecule has 0 unspecified atom stereocenters. The van der Waals surface area contributed by atoms with Crippen LogP contribution in [0.2, 0.25) is 0 Å². The second-order valence-electron chi connectivity index (χ2n) is 2.42. The zero-order valence-corrected chi connectivity index (χ0v) is 6.70. The molecule has 0 saturated carbocycles. The maximum absolute atomic E-state index is 10.4. The molecule has 0 fully saturated rings. The molecule has 0 heterocycles. The topological polar surface area (TPSA) is 72.2 Å². The number of nitrogens with one attached hydrogen (secondary N) is 1. The molecule has 0 radical (unpaired) electrons. The zero-order valence-electron chi connectivity index (χ0n) is 5.88. The molecule has 4 nitrogen and oxygen atoms in total. The smallest absolute Gasteiger partial charge is 0.216 e. The van der Waals surface area contributed by atoms with E-state index in [0.717, 1.165) is 0 Å². The van der Waals surface area contributed by atoms with Crippen molar-refractivity contribution in [1.82, 2.24) is 4.72 Å². The van der Waals surface area contributed by atoms with Gasteiger partial charge in [0.15, 0.2) is 0 Å². The van der Waals surface area contributed by atoms with Crippen LogP contribution in [0.4, 0.5) is 0 Å². The number of hydrogen-bond acceptors (Lipinski definition) is 2. The van der Waals surface area contributed by atoms with Gasteiger partial charge in [0.1, 0.15) is 0 Å². The van der Waals surface area contributed by atoms with Gasteiger partial charge in [0.25, 0.3) is 10.2 Å². The van der Waals surface area contributed by atoms with Gasteiger partial charge in [-0.1, -0.05) is 5.92 Å². The van der Waals surface area contributed by atoms with Crippen LogP contribution in [0.25, 0.3) is 0 Å². The van der Waals surface area contributed by atoms with E-state index in [0.29, 0.717) is 0 Å². The van der Waals surface area contributed by atoms with Crippen LogP contribution in [-0.2, 0) is 10.2 Å². The Bertz CT molecular complexity index is 247. The lowest BCUT2D eigenvalue weighted by molar-refractivity contribution is 0.540. The number of nitrogens with two attached hydrogens (primary N) is 1. The molecular weight excluding hydrogens is 152 g/mol. The fraction of sp³-hybridized carbons (Fsp3) is 0.600. The first-order valence-electron chi connectivity index (χ1n) is 2.56. The normalized spacial score (nSPS) is 12.6. The van der Waals surface area contributed by atoms with E-state index in [2.05, 4.69) is 15.8 Å². The summed E-state index contributed by atoms with van der Waals surface area (Å²) in [4.78, 5) is 0. The lowest BCUT2D eigenvalue weighted by Crippen LogP contribution is -2.45. The van der Waals surface area contributed by atoms with Crippen molar-refractivity contribution < 1.29 is 8.42 Å². The van der Waals surface area contributed by atoms with Crippen LogP contribution in [0.15, 0.2) is 0 Å². The number of hydrogen-bond donors (Lipinski definition) is 2. The molecule has 0 spiro atoms. The van der Waals surface area contributed by atoms with E-state index in [1.165, 1.54) is 13.8 Å². The van der Waals surface area contributed by atoms with E-state index in [4.69, 9.17) is 6.42 Å². The molecule has 0 aromatic heterocycles. The van der Waals surface area contributed by atoms with Crippen LogP contribution in [-0.4, -0.2) is 14.0 Å². The van der Waals surface area contributed by atoms with Crippen molar-refractivity contribution in [3.63, 3.8) is 0 Å². The lowest BCUT2D eigenvalue weighted by atomic mass is 10.1. The molecule has 0 aromatic carbocycles. The first-order valence-corrected chi connectivity index (χ1v) is 4.11. The van der Waals surface area contributed by atoms with Gasteiger partial charge in [-0.15, -0.1) is 6.42 Å². The van der Waals surface area contributed by atoms with Gasteiger partial charge in [-0.2, -0.15) is 13.1 Å². The average Bonchev–Trinajstić information content (AvgIpc) is 1.60. The fourth-order valence-electron chi connectivity index (χ4n) is 0.385. The van der Waals surface area contributed by atoms with Gasteiger partial charge >= 0.3 is 0 Å². The largest absolute Gasteiger partial charge is 0.275 e. The highest BCUT2D eigenvalue weighted by atomic mass is 32.2. The quantitative estimate of drug-likeness (QED) is 0.521. The van der Waals surface area contributed by atoms with Gasteiger partial charge in [-0.25, -0.2) is 5.14 Å². The third-order valence-corrected chi connectivity index (χ3v) is 1.55. The first-order chi connectivity index (χ1) is 4.27. The fourth-order valence-corrected chi connectivity index (χ4v) is 1.16. The number of terminal acetylenes is 1. The predicted octanol–water partition coefficient (Wildman–Crippen LogP) is -0.809. The average molecular weight is 162 g/mol. The van der Waals surface area contributed by atoms with Crippen molar-refractivity contribution in [3.8, 4) is 12.3 Å². The molecule has 10 heavy (non-hydrogen) atoms. The highest BCUT2D eigenvalue weighted by Crippen LogP contribution is 1.98. The van der Waals surface area contributed by atoms with E-state index in [1.54, 1.807) is 0 Å². The highest BCUT2D eigenvalue weighted by molar-refractivity contribution is 7.87. The monoisotopic (exact) mass is 162 g/mol. The van der Waals surface area contributed by atoms with Crippen LogP contribution < -0.4 is 9.86 Å². The van der Waals surface area contributed by atoms with Crippen molar-refractivity contribution in [2.24, 2.45) is 5.14 Å². The Morgan fingerprint density at radius 3 is 2.10 bits per heavy atom. The summed E-state index contributed by atoms with van der Waals surface area (Å²) in [5.41, 5.74) is -0.909. The van der Waals surface area contributed by atoms with Crippen LogP contribution in [0.3, 0.4) is 0 Å². The Hall–Kier alpha value is -0.570. The summed E-state index contributed by atoms with van der Waals surface area (Å²) < 4.78 is 22.8. The summed E-state index contributed by atoms with van der Waals surface area (Å²) in [7, 11) is -3.69. The molecule has 0 aliphatic carbocycles. The zero-order chi connectivity index (χ0) is 8.41. The standard InChI is InChI=1S/C5H10N2O2S/c1-4-5(2,3)7-10(6,8)9/h1,7H,2-3H3,(H2,6,8,9). The molecule has 0 bridgehead atoms. The molecule has 0 aliphatic rings. The number of rotatable bonds is 2. The molecule has 0 aromatic rings. The molecule has 58 valence electrons. The molecule has 0 aliphatic heterocycles. The van der Waals surface area contributed by atoms with Gasteiger partial charge in [0.05, 0.1) is 5.54 Å². The van der Waals surface area contributed by atoms with Gasteiger partial charge < -0.3 is 0 Å². The minimum absolute atomic E-state index is 0.909. The predicted molar refractivity (Wildman–Crippen MR) is 39.2 cm³/mol. The van der Waals surface area contributed by atoms with E-state index in [1.807, 2.05) is 0 Å². The Morgan fingerprint density at radius 1 is 1.60 bits per heavy atom. The van der Waals surface area contributed by atoms with Crippen molar-refractivity contribution in [1.29, 1.82) is 0 Å². The van der Waals surface area contributed by atoms with Crippen molar-refractivity contribution in [3.05, 3.63) is 0 Å². The Balaban J connectivity index is 4.35. The molecule has 3 N–H and O–H groups in total. The van der Waals surface area contributed by atoms with E-state index < -0.39 is 15.7 Å². The molecule has 5 heteroatoms. The van der Waals surface area contributed by atoms with Crippen molar-refractivity contribution >= 4 is 10.2 Å². The molecule has 0 rings (SSSR count). The maximum atomic E-state index is 10.4. The lowest BCUT2D eigenvalue weighted by Gasteiger charge is -2.16. The van der Waals surface area contributed by atoms with Crippen LogP contribution in [0, 0.1) is 12.3 Å². The Morgan fingerprint density at radius 2 is 2.00 bits per heavy atom. The molecule has 0 amide bonds. The van der Waals surface area contributed by atoms with Gasteiger partial charge in [-0.3, -0.25) is 0 Å². The third-order valence-electron chi connectivity index (χ3n) is 0.758. The summed E-state index contributed by atoms with van der Waals surface area (Å²) in [6, 6.07) is 0. The van der Waals surface area contributed by atoms with Crippen LogP contribution >= 0.6 is 0 Å². The Labute approximate surface area is 61.0 Å². The first kappa shape index (κ1) is 9.43. The van der Waals surface area contributed by atoms with E-state index in [9.17, 15) is 8.42 Å². The van der Waals surface area contributed by atoms with Gasteiger partial charge in [-0.05, 0) is 13.8 Å². The molecule has 0 saturated heterocycles. The van der Waals surface area contributed by atoms with Crippen molar-refractivity contribution in [2.45, 2.75) is 19.4 Å². The van der Waals surface area contributed by atoms with Crippen LogP contribution in [0.1, 0.15) is 13.8 Å². The highest BCUT2D eigenvalue weighted by Gasteiger charge is 2.18. The minimum atomic E-state index is -3.69. The summed E-state index contributed by atoms with van der Waals surface area (Å²) in [6.07, 6.45) is 4.98. The molecular formula is C5H10N2O2S. The van der Waals surface area contributed by atoms with Gasteiger partial charge in [0, 0.05) is 0 Å². The van der Waals surface area contributed by atoms with Crippen LogP contribution in [0.5, 0.6) is 0 Å². The SMILES string of the molecule is C#CC(C)(C)NS(N)(=O)=O. The van der Waals surface area contributed by atoms with Gasteiger partial charge in [0.2, 0.25) is 0 Å². The summed E-state index contributed by atoms with van der Waals surface area (Å²) in [6.45, 7) is 3.08. The van der Waals surface area contributed by atoms with Crippen molar-refractivity contribution in [2.75, 3.05) is 0 Å². The second-order valence-corrected chi connectivity index (χ2v) is 3.71. The van der Waals surface area contributed by atoms with E-state index in [-0.39, 0.29) is 0 Å². The second kappa shape index (κ2) is 2.58. The maximum Gasteiger partial charge on any atom is 0.275 e. The summed E-state index contributed by atoms with van der Waals surface area (Å²) in [5, 5.41) is 4.66. The summed E-state index contributed by atoms with van der Waals surface area (Å²) >= 11 is 0. The minimum Gasteiger partial charge on any atom is -0.216 e. The Kier molecular flexibility index (Phi) is 2.43. The third kappa shape index (κ3) is 4.32. The van der Waals surface area contributed by atoms with E-state index >= 15 is 0 Å².